The van der Waals surface area contributed by atoms with Crippen LogP contribution in [0.5, 0.6) is 11.5 Å². The largest absolute Gasteiger partial charge is 0.493 e. The van der Waals surface area contributed by atoms with Crippen LogP contribution in [0.15, 0.2) is 66.4 Å². The van der Waals surface area contributed by atoms with Crippen LogP contribution in [-0.2, 0) is 27.4 Å². The molecule has 0 spiro atoms. The quantitative estimate of drug-likeness (QED) is 0.184. The molecule has 0 atom stereocenters. The van der Waals surface area contributed by atoms with Crippen molar-refractivity contribution in [1.82, 2.24) is 4.90 Å². The van der Waals surface area contributed by atoms with Gasteiger partial charge >= 0.3 is 5.97 Å². The first-order valence-electron chi connectivity index (χ1n) is 12.0. The number of amides is 1. The molecule has 1 amide bonds. The molecule has 10 heteroatoms. The third-order valence-corrected chi connectivity index (χ3v) is 6.82. The average Bonchev–Trinajstić information content (AvgIpc) is 3.16. The number of carbonyl (C=O) groups is 2. The van der Waals surface area contributed by atoms with Gasteiger partial charge in [-0.05, 0) is 66.2 Å². The van der Waals surface area contributed by atoms with Gasteiger partial charge < -0.3 is 19.1 Å². The van der Waals surface area contributed by atoms with Crippen molar-refractivity contribution < 1.29 is 28.2 Å². The van der Waals surface area contributed by atoms with E-state index in [-0.39, 0.29) is 40.5 Å². The summed E-state index contributed by atoms with van der Waals surface area (Å²) in [5.74, 6) is -0.869. The van der Waals surface area contributed by atoms with Gasteiger partial charge in [0, 0.05) is 5.56 Å². The normalized spacial score (nSPS) is 14.2. The van der Waals surface area contributed by atoms with Gasteiger partial charge in [-0.3, -0.25) is 14.5 Å². The molecule has 1 aliphatic heterocycles. The van der Waals surface area contributed by atoms with Gasteiger partial charge in [-0.15, -0.1) is 0 Å². The van der Waals surface area contributed by atoms with Crippen molar-refractivity contribution >= 4 is 52.6 Å². The third-order valence-electron chi connectivity index (χ3n) is 6.14. The zero-order valence-electron chi connectivity index (χ0n) is 21.6. The number of thiocarbonyl (C=S) groups is 1. The van der Waals surface area contributed by atoms with E-state index in [1.807, 2.05) is 31.2 Å². The summed E-state index contributed by atoms with van der Waals surface area (Å²) in [5.41, 5.74) is 2.70. The highest BCUT2D eigenvalue weighted by molar-refractivity contribution is 7.80. The van der Waals surface area contributed by atoms with E-state index >= 15 is 0 Å². The van der Waals surface area contributed by atoms with E-state index in [4.69, 9.17) is 38.0 Å². The molecule has 1 saturated heterocycles. The number of anilines is 1. The molecule has 1 heterocycles. The number of benzene rings is 3. The first-order chi connectivity index (χ1) is 18.8. The molecule has 3 aromatic carbocycles. The van der Waals surface area contributed by atoms with Gasteiger partial charge in [0.05, 0.1) is 24.9 Å². The van der Waals surface area contributed by atoms with Gasteiger partial charge in [-0.25, -0.2) is 4.39 Å². The highest BCUT2D eigenvalue weighted by atomic mass is 35.5. The van der Waals surface area contributed by atoms with Crippen LogP contribution in [0.3, 0.4) is 0 Å². The summed E-state index contributed by atoms with van der Waals surface area (Å²) >= 11 is 12.1. The lowest BCUT2D eigenvalue weighted by Crippen LogP contribution is -2.35. The first-order valence-corrected chi connectivity index (χ1v) is 12.8. The van der Waals surface area contributed by atoms with Crippen molar-refractivity contribution in [3.63, 3.8) is 0 Å². The van der Waals surface area contributed by atoms with E-state index in [9.17, 15) is 14.0 Å². The maximum atomic E-state index is 14.0. The van der Waals surface area contributed by atoms with Crippen molar-refractivity contribution in [2.24, 2.45) is 0 Å². The predicted molar refractivity (Wildman–Crippen MR) is 151 cm³/mol. The van der Waals surface area contributed by atoms with E-state index in [0.717, 1.165) is 12.0 Å². The Morgan fingerprint density at radius 3 is 2.46 bits per heavy atom. The SMILES string of the molecule is CCc1ccc(N2C(=O)/C(=C/c3cc(Cl)c(OCc4ccccc4F)c(OC)c3)N(CC(=O)OC)C2=S)cc1. The molecule has 4 rings (SSSR count). The number of carbonyl (C=O) groups excluding carboxylic acids is 2. The highest BCUT2D eigenvalue weighted by Gasteiger charge is 2.40. The summed E-state index contributed by atoms with van der Waals surface area (Å²) in [7, 11) is 2.71. The second-order valence-corrected chi connectivity index (χ2v) is 9.32. The Morgan fingerprint density at radius 1 is 1.10 bits per heavy atom. The van der Waals surface area contributed by atoms with Crippen molar-refractivity contribution in [3.05, 3.63) is 93.9 Å². The van der Waals surface area contributed by atoms with Crippen LogP contribution >= 0.6 is 23.8 Å². The molecule has 7 nitrogen and oxygen atoms in total. The Labute approximate surface area is 236 Å². The summed E-state index contributed by atoms with van der Waals surface area (Å²) in [6.45, 7) is 1.72. The molecule has 1 aliphatic rings. The number of aryl methyl sites for hydroxylation is 1. The third kappa shape index (κ3) is 6.05. The number of nitrogens with zero attached hydrogens (tertiary/aromatic N) is 2. The lowest BCUT2D eigenvalue weighted by atomic mass is 10.1. The van der Waals surface area contributed by atoms with Crippen LogP contribution < -0.4 is 14.4 Å². The minimum absolute atomic E-state index is 0.0609. The monoisotopic (exact) mass is 568 g/mol. The van der Waals surface area contributed by atoms with E-state index in [0.29, 0.717) is 16.8 Å². The molecule has 3 aromatic rings. The van der Waals surface area contributed by atoms with Crippen molar-refractivity contribution in [1.29, 1.82) is 0 Å². The van der Waals surface area contributed by atoms with E-state index in [2.05, 4.69) is 0 Å². The van der Waals surface area contributed by atoms with Crippen molar-refractivity contribution in [2.75, 3.05) is 25.7 Å². The average molecular weight is 569 g/mol. The zero-order valence-corrected chi connectivity index (χ0v) is 23.1. The summed E-state index contributed by atoms with van der Waals surface area (Å²) in [5, 5.41) is 0.334. The summed E-state index contributed by atoms with van der Waals surface area (Å²) in [6.07, 6.45) is 2.41. The minimum Gasteiger partial charge on any atom is -0.493 e. The smallest absolute Gasteiger partial charge is 0.325 e. The van der Waals surface area contributed by atoms with Crippen LogP contribution in [0.2, 0.25) is 5.02 Å². The minimum atomic E-state index is -0.563. The van der Waals surface area contributed by atoms with Crippen LogP contribution in [0.25, 0.3) is 6.08 Å². The van der Waals surface area contributed by atoms with Gasteiger partial charge in [-0.1, -0.05) is 48.9 Å². The Bertz CT molecular complexity index is 1440. The highest BCUT2D eigenvalue weighted by Crippen LogP contribution is 2.38. The summed E-state index contributed by atoms with van der Waals surface area (Å²) in [6, 6.07) is 16.9. The topological polar surface area (TPSA) is 68.3 Å². The first kappa shape index (κ1) is 28.1. The van der Waals surface area contributed by atoms with Crippen LogP contribution in [0, 0.1) is 5.82 Å². The van der Waals surface area contributed by atoms with E-state index in [1.54, 1.807) is 36.4 Å². The molecule has 0 N–H and O–H groups in total. The lowest BCUT2D eigenvalue weighted by molar-refractivity contribution is -0.140. The fourth-order valence-corrected chi connectivity index (χ4v) is 4.65. The molecule has 0 unspecified atom stereocenters. The Hall–Kier alpha value is -3.95. The number of rotatable bonds is 9. The molecular formula is C29H26ClFN2O5S. The zero-order chi connectivity index (χ0) is 28.1. The molecule has 39 heavy (non-hydrogen) atoms. The maximum Gasteiger partial charge on any atom is 0.325 e. The molecule has 0 aromatic heterocycles. The van der Waals surface area contributed by atoms with Crippen LogP contribution in [-0.4, -0.2) is 42.7 Å². The Kier molecular flexibility index (Phi) is 8.83. The van der Waals surface area contributed by atoms with Gasteiger partial charge in [-0.2, -0.15) is 0 Å². The fourth-order valence-electron chi connectivity index (χ4n) is 4.02. The van der Waals surface area contributed by atoms with Crippen LogP contribution in [0.4, 0.5) is 10.1 Å². The number of hydrogen-bond donors (Lipinski definition) is 0. The number of halogens is 2. The maximum absolute atomic E-state index is 14.0. The fraction of sp³-hybridized carbons (Fsp3) is 0.207. The Morgan fingerprint density at radius 2 is 1.82 bits per heavy atom. The second kappa shape index (κ2) is 12.3. The molecular weight excluding hydrogens is 543 g/mol. The molecule has 0 saturated carbocycles. The molecule has 1 fully saturated rings. The summed E-state index contributed by atoms with van der Waals surface area (Å²) in [4.78, 5) is 28.6. The number of methoxy groups -OCH3 is 2. The van der Waals surface area contributed by atoms with Crippen LogP contribution in [0.1, 0.15) is 23.6 Å². The molecule has 0 radical (unpaired) electrons. The summed E-state index contributed by atoms with van der Waals surface area (Å²) < 4.78 is 30.1. The number of esters is 1. The predicted octanol–water partition coefficient (Wildman–Crippen LogP) is 5.78. The van der Waals surface area contributed by atoms with Gasteiger partial charge in [0.15, 0.2) is 16.6 Å². The van der Waals surface area contributed by atoms with Crippen molar-refractivity contribution in [3.8, 4) is 11.5 Å². The molecule has 0 bridgehead atoms. The van der Waals surface area contributed by atoms with Gasteiger partial charge in [0.25, 0.3) is 5.91 Å². The standard InChI is InChI=1S/C29H26ClFN2O5S/c1-4-18-9-11-21(12-10-18)33-28(35)24(32(29(33)39)16-26(34)37-3)14-19-13-22(30)27(25(15-19)36-2)38-17-20-7-5-6-8-23(20)31/h5-15H,4,16-17H2,1-3H3/b24-14-. The lowest BCUT2D eigenvalue weighted by Gasteiger charge is -2.19. The number of ether oxygens (including phenoxy) is 3. The van der Waals surface area contributed by atoms with E-state index in [1.165, 1.54) is 30.1 Å². The van der Waals surface area contributed by atoms with Gasteiger partial charge in [0.2, 0.25) is 0 Å². The van der Waals surface area contributed by atoms with E-state index < -0.39 is 17.7 Å². The molecule has 202 valence electrons. The second-order valence-electron chi connectivity index (χ2n) is 8.55. The number of hydrogen-bond acceptors (Lipinski definition) is 6. The molecule has 0 aliphatic carbocycles. The van der Waals surface area contributed by atoms with Crippen molar-refractivity contribution in [2.45, 2.75) is 20.0 Å². The Balaban J connectivity index is 1.69. The van der Waals surface area contributed by atoms with Gasteiger partial charge in [0.1, 0.15) is 24.7 Å².